The third kappa shape index (κ3) is 1.89. The minimum absolute atomic E-state index is 0.201. The summed E-state index contributed by atoms with van der Waals surface area (Å²) in [5, 5.41) is 1.98. The van der Waals surface area contributed by atoms with Gasteiger partial charge in [-0.3, -0.25) is 0 Å². The molecule has 4 rings (SSSR count). The molecule has 0 N–H and O–H groups in total. The van der Waals surface area contributed by atoms with Gasteiger partial charge in [0.2, 0.25) is 0 Å². The van der Waals surface area contributed by atoms with E-state index in [4.69, 9.17) is 0 Å². The second kappa shape index (κ2) is 4.96. The zero-order valence-corrected chi connectivity index (χ0v) is 13.6. The van der Waals surface area contributed by atoms with E-state index in [0.717, 1.165) is 32.0 Å². The molecule has 0 bridgehead atoms. The zero-order chi connectivity index (χ0) is 15.3. The zero-order valence-electron chi connectivity index (χ0n) is 12.0. The Morgan fingerprint density at radius 3 is 2.55 bits per heavy atom. The third-order valence-electron chi connectivity index (χ3n) is 4.06. The molecule has 1 heterocycles. The number of aryl methyl sites for hydroxylation is 1. The quantitative estimate of drug-likeness (QED) is 0.395. The SMILES string of the molecule is Cc1ccccc1-n1c2ccc(Br)cc2c2cccc(F)c21. The van der Waals surface area contributed by atoms with Crippen LogP contribution >= 0.6 is 15.9 Å². The molecule has 0 saturated heterocycles. The average molecular weight is 354 g/mol. The Kier molecular flexibility index (Phi) is 3.05. The van der Waals surface area contributed by atoms with E-state index >= 15 is 0 Å². The highest BCUT2D eigenvalue weighted by Gasteiger charge is 2.16. The summed E-state index contributed by atoms with van der Waals surface area (Å²) < 4.78 is 17.6. The van der Waals surface area contributed by atoms with Crippen LogP contribution in [0.2, 0.25) is 0 Å². The average Bonchev–Trinajstić information content (AvgIpc) is 2.83. The second-order valence-corrected chi connectivity index (χ2v) is 6.34. The van der Waals surface area contributed by atoms with Gasteiger partial charge in [0.05, 0.1) is 11.0 Å². The van der Waals surface area contributed by atoms with Crippen LogP contribution in [0.15, 0.2) is 65.1 Å². The Morgan fingerprint density at radius 1 is 0.909 bits per heavy atom. The molecule has 3 aromatic carbocycles. The molecule has 0 radical (unpaired) electrons. The highest BCUT2D eigenvalue weighted by atomic mass is 79.9. The van der Waals surface area contributed by atoms with Crippen molar-refractivity contribution < 1.29 is 4.39 Å². The van der Waals surface area contributed by atoms with E-state index in [1.54, 1.807) is 6.07 Å². The first-order valence-corrected chi connectivity index (χ1v) is 7.90. The van der Waals surface area contributed by atoms with Crippen molar-refractivity contribution in [3.8, 4) is 5.69 Å². The summed E-state index contributed by atoms with van der Waals surface area (Å²) in [5.41, 5.74) is 3.77. The van der Waals surface area contributed by atoms with E-state index in [0.29, 0.717) is 5.52 Å². The number of fused-ring (bicyclic) bond motifs is 3. The summed E-state index contributed by atoms with van der Waals surface area (Å²) >= 11 is 3.51. The number of hydrogen-bond acceptors (Lipinski definition) is 0. The van der Waals surface area contributed by atoms with Gasteiger partial charge >= 0.3 is 0 Å². The molecule has 0 unspecified atom stereocenters. The third-order valence-corrected chi connectivity index (χ3v) is 4.55. The first-order chi connectivity index (χ1) is 10.7. The van der Waals surface area contributed by atoms with Crippen LogP contribution in [-0.4, -0.2) is 4.57 Å². The van der Waals surface area contributed by atoms with Crippen LogP contribution in [0.1, 0.15) is 5.56 Å². The van der Waals surface area contributed by atoms with E-state index in [-0.39, 0.29) is 5.82 Å². The fourth-order valence-corrected chi connectivity index (χ4v) is 3.42. The maximum Gasteiger partial charge on any atom is 0.147 e. The van der Waals surface area contributed by atoms with E-state index < -0.39 is 0 Å². The first kappa shape index (κ1) is 13.5. The van der Waals surface area contributed by atoms with E-state index in [1.807, 2.05) is 60.0 Å². The van der Waals surface area contributed by atoms with Gasteiger partial charge in [-0.05, 0) is 42.8 Å². The minimum Gasteiger partial charge on any atom is -0.306 e. The predicted octanol–water partition coefficient (Wildman–Crippen LogP) is 5.99. The molecule has 0 amide bonds. The molecule has 0 atom stereocenters. The van der Waals surface area contributed by atoms with Crippen molar-refractivity contribution in [3.63, 3.8) is 0 Å². The molecule has 108 valence electrons. The molecule has 1 nitrogen and oxygen atoms in total. The Balaban J connectivity index is 2.27. The molecule has 0 aliphatic heterocycles. The van der Waals surface area contributed by atoms with E-state index in [2.05, 4.69) is 15.9 Å². The molecular weight excluding hydrogens is 341 g/mol. The fraction of sp³-hybridized carbons (Fsp3) is 0.0526. The Labute approximate surface area is 136 Å². The molecule has 0 spiro atoms. The Hall–Kier alpha value is -2.13. The Morgan fingerprint density at radius 2 is 1.73 bits per heavy atom. The van der Waals surface area contributed by atoms with Crippen molar-refractivity contribution in [2.45, 2.75) is 6.92 Å². The molecule has 0 aliphatic carbocycles. The van der Waals surface area contributed by atoms with Crippen molar-refractivity contribution in [3.05, 3.63) is 76.5 Å². The number of nitrogens with zero attached hydrogens (tertiary/aromatic N) is 1. The van der Waals surface area contributed by atoms with Crippen LogP contribution in [0.4, 0.5) is 4.39 Å². The van der Waals surface area contributed by atoms with Crippen molar-refractivity contribution in [1.29, 1.82) is 0 Å². The van der Waals surface area contributed by atoms with Gasteiger partial charge in [0.1, 0.15) is 5.82 Å². The lowest BCUT2D eigenvalue weighted by Gasteiger charge is -2.11. The van der Waals surface area contributed by atoms with Gasteiger partial charge in [0.25, 0.3) is 0 Å². The highest BCUT2D eigenvalue weighted by Crippen LogP contribution is 2.35. The van der Waals surface area contributed by atoms with Crippen LogP contribution in [0, 0.1) is 12.7 Å². The summed E-state index contributed by atoms with van der Waals surface area (Å²) in [6.45, 7) is 2.05. The maximum absolute atomic E-state index is 14.6. The first-order valence-electron chi connectivity index (χ1n) is 7.11. The van der Waals surface area contributed by atoms with Crippen molar-refractivity contribution in [1.82, 2.24) is 4.57 Å². The number of aromatic nitrogens is 1. The molecule has 0 saturated carbocycles. The number of benzene rings is 3. The number of hydrogen-bond donors (Lipinski definition) is 0. The molecule has 1 aromatic heterocycles. The standard InChI is InChI=1S/C19H13BrFN/c1-12-5-2-3-8-17(12)22-18-10-9-13(20)11-15(18)14-6-4-7-16(21)19(14)22/h2-11H,1H3. The summed E-state index contributed by atoms with van der Waals surface area (Å²) in [6, 6.07) is 19.4. The second-order valence-electron chi connectivity index (χ2n) is 5.42. The van der Waals surface area contributed by atoms with E-state index in [9.17, 15) is 4.39 Å². The maximum atomic E-state index is 14.6. The van der Waals surface area contributed by atoms with E-state index in [1.165, 1.54) is 6.07 Å². The molecule has 3 heteroatoms. The summed E-state index contributed by atoms with van der Waals surface area (Å²) in [6.07, 6.45) is 0. The fourth-order valence-electron chi connectivity index (χ4n) is 3.06. The summed E-state index contributed by atoms with van der Waals surface area (Å²) in [7, 11) is 0. The van der Waals surface area contributed by atoms with Gasteiger partial charge < -0.3 is 4.57 Å². The van der Waals surface area contributed by atoms with Crippen molar-refractivity contribution in [2.24, 2.45) is 0 Å². The van der Waals surface area contributed by atoms with Crippen LogP contribution < -0.4 is 0 Å². The topological polar surface area (TPSA) is 4.93 Å². The van der Waals surface area contributed by atoms with Gasteiger partial charge in [0, 0.05) is 20.9 Å². The molecular formula is C19H13BrFN. The smallest absolute Gasteiger partial charge is 0.147 e. The molecule has 0 fully saturated rings. The van der Waals surface area contributed by atoms with Gasteiger partial charge in [-0.2, -0.15) is 0 Å². The van der Waals surface area contributed by atoms with Crippen LogP contribution in [-0.2, 0) is 0 Å². The number of para-hydroxylation sites is 2. The predicted molar refractivity (Wildman–Crippen MR) is 93.2 cm³/mol. The monoisotopic (exact) mass is 353 g/mol. The lowest BCUT2D eigenvalue weighted by Crippen LogP contribution is -1.97. The Bertz CT molecular complexity index is 1020. The van der Waals surface area contributed by atoms with Crippen LogP contribution in [0.5, 0.6) is 0 Å². The van der Waals surface area contributed by atoms with Crippen LogP contribution in [0.3, 0.4) is 0 Å². The van der Waals surface area contributed by atoms with Gasteiger partial charge in [-0.15, -0.1) is 0 Å². The summed E-state index contributed by atoms with van der Waals surface area (Å²) in [4.78, 5) is 0. The molecule has 4 aromatic rings. The largest absolute Gasteiger partial charge is 0.306 e. The van der Waals surface area contributed by atoms with Gasteiger partial charge in [-0.1, -0.05) is 46.3 Å². The summed E-state index contributed by atoms with van der Waals surface area (Å²) in [5.74, 6) is -0.201. The normalized spacial score (nSPS) is 11.4. The number of halogens is 2. The molecule has 22 heavy (non-hydrogen) atoms. The van der Waals surface area contributed by atoms with Crippen LogP contribution in [0.25, 0.3) is 27.5 Å². The lowest BCUT2D eigenvalue weighted by atomic mass is 10.1. The van der Waals surface area contributed by atoms with Crippen molar-refractivity contribution in [2.75, 3.05) is 0 Å². The lowest BCUT2D eigenvalue weighted by molar-refractivity contribution is 0.635. The van der Waals surface area contributed by atoms with Gasteiger partial charge in [0.15, 0.2) is 0 Å². The van der Waals surface area contributed by atoms with Crippen molar-refractivity contribution >= 4 is 37.7 Å². The molecule has 0 aliphatic rings. The number of rotatable bonds is 1. The van der Waals surface area contributed by atoms with Gasteiger partial charge in [-0.25, -0.2) is 4.39 Å². The minimum atomic E-state index is -0.201. The highest BCUT2D eigenvalue weighted by molar-refractivity contribution is 9.10.